The molecule has 0 fully saturated rings. The number of diazo groups is 1. The molecule has 1 aromatic rings. The van der Waals surface area contributed by atoms with Crippen LogP contribution in [0.15, 0.2) is 36.2 Å². The van der Waals surface area contributed by atoms with Crippen LogP contribution in [-0.4, -0.2) is 5.97 Å². The highest BCUT2D eigenvalue weighted by Crippen LogP contribution is 2.08. The van der Waals surface area contributed by atoms with Crippen molar-refractivity contribution in [3.8, 4) is 0 Å². The van der Waals surface area contributed by atoms with E-state index in [1.54, 1.807) is 12.1 Å². The van der Waals surface area contributed by atoms with Gasteiger partial charge in [0.1, 0.15) is 0 Å². The second-order valence-electron chi connectivity index (χ2n) is 2.59. The summed E-state index contributed by atoms with van der Waals surface area (Å²) in [6.07, 6.45) is 1.46. The Bertz CT molecular complexity index is 390. The minimum Gasteiger partial charge on any atom is -0.355 e. The maximum absolute atomic E-state index is 10.6. The molecule has 0 aliphatic rings. The number of carbonyl (C=O) groups is 1. The van der Waals surface area contributed by atoms with Crippen molar-refractivity contribution in [3.05, 3.63) is 46.8 Å². The van der Waals surface area contributed by atoms with Crippen LogP contribution in [0.2, 0.25) is 0 Å². The SMILES string of the molecule is CC(=O)OC(=Cc1ccccc1)[N+]#N. The second kappa shape index (κ2) is 4.77. The van der Waals surface area contributed by atoms with Crippen LogP contribution in [0, 0.1) is 5.39 Å². The third-order valence-electron chi connectivity index (χ3n) is 1.44. The van der Waals surface area contributed by atoms with Gasteiger partial charge in [0, 0.05) is 6.92 Å². The highest BCUT2D eigenvalue weighted by molar-refractivity contribution is 5.69. The molecule has 1 aromatic carbocycles. The van der Waals surface area contributed by atoms with Crippen LogP contribution in [0.3, 0.4) is 0 Å². The van der Waals surface area contributed by atoms with Crippen molar-refractivity contribution in [2.24, 2.45) is 0 Å². The Balaban J connectivity index is 2.86. The van der Waals surface area contributed by atoms with Crippen molar-refractivity contribution in [3.63, 3.8) is 0 Å². The molecule has 0 bridgehead atoms. The maximum atomic E-state index is 10.6. The maximum Gasteiger partial charge on any atom is 0.554 e. The molecule has 0 aliphatic heterocycles. The quantitative estimate of drug-likeness (QED) is 0.407. The van der Waals surface area contributed by atoms with Crippen LogP contribution in [0.1, 0.15) is 12.5 Å². The number of ether oxygens (including phenoxy) is 1. The highest BCUT2D eigenvalue weighted by atomic mass is 16.5. The van der Waals surface area contributed by atoms with E-state index in [1.165, 1.54) is 13.0 Å². The molecule has 0 amide bonds. The van der Waals surface area contributed by atoms with E-state index in [4.69, 9.17) is 5.39 Å². The molecule has 0 saturated heterocycles. The first kappa shape index (κ1) is 9.93. The predicted molar refractivity (Wildman–Crippen MR) is 51.3 cm³/mol. The topological polar surface area (TPSA) is 54.5 Å². The number of hydrogen-bond donors (Lipinski definition) is 0. The van der Waals surface area contributed by atoms with E-state index < -0.39 is 5.97 Å². The van der Waals surface area contributed by atoms with Crippen LogP contribution in [0.4, 0.5) is 0 Å². The summed E-state index contributed by atoms with van der Waals surface area (Å²) < 4.78 is 4.61. The average Bonchev–Trinajstić information content (AvgIpc) is 2.17. The van der Waals surface area contributed by atoms with Gasteiger partial charge >= 0.3 is 11.9 Å². The molecule has 0 radical (unpaired) electrons. The van der Waals surface area contributed by atoms with Gasteiger partial charge < -0.3 is 4.74 Å². The zero-order valence-electron chi connectivity index (χ0n) is 7.68. The Kier molecular flexibility index (Phi) is 3.39. The molecule has 0 spiro atoms. The van der Waals surface area contributed by atoms with Gasteiger partial charge in [0.15, 0.2) is 0 Å². The van der Waals surface area contributed by atoms with E-state index in [1.807, 2.05) is 18.2 Å². The Morgan fingerprint density at radius 2 is 2.07 bits per heavy atom. The van der Waals surface area contributed by atoms with Gasteiger partial charge in [0.2, 0.25) is 10.4 Å². The molecular formula is C10H9N2O2+. The number of rotatable bonds is 2. The Morgan fingerprint density at radius 3 is 2.57 bits per heavy atom. The summed E-state index contributed by atoms with van der Waals surface area (Å²) in [6.45, 7) is 1.24. The lowest BCUT2D eigenvalue weighted by Gasteiger charge is -1.89. The molecule has 0 saturated carbocycles. The standard InChI is InChI=1S/C10H9N2O2/c1-8(13)14-10(12-11)7-9-5-3-2-4-6-9/h2-7H,1H3/q+1. The van der Waals surface area contributed by atoms with Crippen LogP contribution >= 0.6 is 0 Å². The van der Waals surface area contributed by atoms with E-state index >= 15 is 0 Å². The summed E-state index contributed by atoms with van der Waals surface area (Å²) >= 11 is 0. The Labute approximate surface area is 81.4 Å². The van der Waals surface area contributed by atoms with Gasteiger partial charge in [-0.1, -0.05) is 30.3 Å². The van der Waals surface area contributed by atoms with Crippen molar-refractivity contribution < 1.29 is 9.53 Å². The molecule has 14 heavy (non-hydrogen) atoms. The fourth-order valence-electron chi connectivity index (χ4n) is 0.918. The fraction of sp³-hybridized carbons (Fsp3) is 0.100. The van der Waals surface area contributed by atoms with Gasteiger partial charge in [0.05, 0.1) is 6.08 Å². The number of nitrogens with zero attached hydrogens (tertiary/aromatic N) is 2. The van der Waals surface area contributed by atoms with Crippen molar-refractivity contribution in [1.82, 2.24) is 0 Å². The van der Waals surface area contributed by atoms with E-state index in [-0.39, 0.29) is 5.88 Å². The monoisotopic (exact) mass is 189 g/mol. The summed E-state index contributed by atoms with van der Waals surface area (Å²) in [5, 5.41) is 8.52. The minimum atomic E-state index is -0.523. The van der Waals surface area contributed by atoms with Crippen molar-refractivity contribution in [2.75, 3.05) is 0 Å². The zero-order valence-corrected chi connectivity index (χ0v) is 7.68. The normalized spacial score (nSPS) is 10.4. The minimum absolute atomic E-state index is 0.122. The smallest absolute Gasteiger partial charge is 0.355 e. The summed E-state index contributed by atoms with van der Waals surface area (Å²) in [4.78, 5) is 13.4. The molecule has 0 atom stereocenters. The molecule has 0 aliphatic carbocycles. The van der Waals surface area contributed by atoms with Gasteiger partial charge in [-0.15, -0.1) is 0 Å². The Hall–Kier alpha value is -2.15. The molecule has 70 valence electrons. The summed E-state index contributed by atoms with van der Waals surface area (Å²) in [6, 6.07) is 9.12. The molecule has 0 heterocycles. The van der Waals surface area contributed by atoms with Crippen molar-refractivity contribution >= 4 is 12.0 Å². The third-order valence-corrected chi connectivity index (χ3v) is 1.44. The van der Waals surface area contributed by atoms with Gasteiger partial charge in [-0.25, -0.2) is 0 Å². The van der Waals surface area contributed by atoms with E-state index in [2.05, 4.69) is 9.71 Å². The molecular weight excluding hydrogens is 180 g/mol. The zero-order chi connectivity index (χ0) is 10.4. The van der Waals surface area contributed by atoms with Crippen LogP contribution in [0.25, 0.3) is 11.1 Å². The largest absolute Gasteiger partial charge is 0.554 e. The predicted octanol–water partition coefficient (Wildman–Crippen LogP) is 2.40. The highest BCUT2D eigenvalue weighted by Gasteiger charge is 2.14. The van der Waals surface area contributed by atoms with Crippen molar-refractivity contribution in [1.29, 1.82) is 5.39 Å². The molecule has 0 N–H and O–H groups in total. The third kappa shape index (κ3) is 3.07. The number of hydrogen-bond acceptors (Lipinski definition) is 3. The van der Waals surface area contributed by atoms with Crippen LogP contribution in [0.5, 0.6) is 0 Å². The van der Waals surface area contributed by atoms with Gasteiger partial charge in [-0.3, -0.25) is 4.79 Å². The van der Waals surface area contributed by atoms with Gasteiger partial charge in [-0.2, -0.15) is 0 Å². The van der Waals surface area contributed by atoms with E-state index in [0.29, 0.717) is 0 Å². The number of benzene rings is 1. The van der Waals surface area contributed by atoms with Crippen LogP contribution in [-0.2, 0) is 9.53 Å². The molecule has 1 rings (SSSR count). The van der Waals surface area contributed by atoms with Gasteiger partial charge in [-0.05, 0) is 5.56 Å². The number of esters is 1. The lowest BCUT2D eigenvalue weighted by Crippen LogP contribution is -1.95. The summed E-state index contributed by atoms with van der Waals surface area (Å²) in [5.41, 5.74) is 0.793. The van der Waals surface area contributed by atoms with E-state index in [9.17, 15) is 4.79 Å². The first-order valence-corrected chi connectivity index (χ1v) is 4.02. The lowest BCUT2D eigenvalue weighted by atomic mass is 10.2. The van der Waals surface area contributed by atoms with Crippen LogP contribution < -0.4 is 0 Å². The van der Waals surface area contributed by atoms with E-state index in [0.717, 1.165) is 5.56 Å². The molecule has 4 nitrogen and oxygen atoms in total. The Morgan fingerprint density at radius 1 is 1.43 bits per heavy atom. The first-order valence-electron chi connectivity index (χ1n) is 4.02. The molecule has 4 heteroatoms. The van der Waals surface area contributed by atoms with Crippen molar-refractivity contribution in [2.45, 2.75) is 6.92 Å². The summed E-state index contributed by atoms with van der Waals surface area (Å²) in [5.74, 6) is -0.645. The first-order chi connectivity index (χ1) is 6.72. The molecule has 0 unspecified atom stereocenters. The average molecular weight is 189 g/mol. The second-order valence-corrected chi connectivity index (χ2v) is 2.59. The van der Waals surface area contributed by atoms with Gasteiger partial charge in [0.25, 0.3) is 0 Å². The fourth-order valence-corrected chi connectivity index (χ4v) is 0.918. The lowest BCUT2D eigenvalue weighted by molar-refractivity contribution is -0.136. The summed E-state index contributed by atoms with van der Waals surface area (Å²) in [7, 11) is 0. The number of carbonyl (C=O) groups excluding carboxylic acids is 1. The molecule has 0 aromatic heterocycles.